The first kappa shape index (κ1) is 221. The average molecular weight is 581 g/mol. The number of rotatable bonds is 5. The summed E-state index contributed by atoms with van der Waals surface area (Å²) >= 11 is 0. The molecular weight excluding hydrogens is 506 g/mol. The van der Waals surface area contributed by atoms with Gasteiger partial charge in [0.05, 0.1) is 7.85 Å². The molecule has 0 N–H and O–H groups in total. The van der Waals surface area contributed by atoms with E-state index in [4.69, 9.17) is 7.85 Å². The summed E-state index contributed by atoms with van der Waals surface area (Å²) in [6.07, 6.45) is 6.95. The van der Waals surface area contributed by atoms with E-state index in [-0.39, 0.29) is 144 Å². The minimum atomic E-state index is 0. The maximum absolute atomic E-state index is 5.30. The van der Waals surface area contributed by atoms with Gasteiger partial charge in [0.1, 0.15) is 0 Å². The first-order chi connectivity index (χ1) is 3.91. The molecule has 0 aromatic carbocycles. The smallest absolute Gasteiger partial charge is 0.0653 e. The van der Waals surface area contributed by atoms with E-state index in [2.05, 4.69) is 6.92 Å². The van der Waals surface area contributed by atoms with Gasteiger partial charge >= 0.3 is 0 Å². The van der Waals surface area contributed by atoms with Crippen LogP contribution in [0.25, 0.3) is 0 Å². The van der Waals surface area contributed by atoms with E-state index in [1.54, 1.807) is 0 Å². The van der Waals surface area contributed by atoms with E-state index >= 15 is 0 Å². The Morgan fingerprint density at radius 1 is 0.417 bits per heavy atom. The van der Waals surface area contributed by atoms with Crippen molar-refractivity contribution >= 4 is 7.85 Å². The summed E-state index contributed by atoms with van der Waals surface area (Å²) in [4.78, 5) is 0. The summed E-state index contributed by atoms with van der Waals surface area (Å²) in [6, 6.07) is 0. The Hall–Kier alpha value is 1.16. The molecular formula is C22H74BPa-. The fourth-order valence-corrected chi connectivity index (χ4v) is 0.675. The van der Waals surface area contributed by atoms with Gasteiger partial charge in [-0.1, -0.05) is 143 Å². The van der Waals surface area contributed by atoms with Crippen LogP contribution in [0.15, 0.2) is 0 Å². The van der Waals surface area contributed by atoms with Crippen LogP contribution in [0.5, 0.6) is 0 Å². The van der Waals surface area contributed by atoms with Crippen LogP contribution in [-0.4, -0.2) is 7.85 Å². The zero-order valence-electron chi connectivity index (χ0n) is 6.10. The molecule has 24 heavy (non-hydrogen) atoms. The minimum absolute atomic E-state index is 0. The Morgan fingerprint density at radius 2 is 0.625 bits per heavy atom. The molecule has 0 aromatic rings. The second-order valence-electron chi connectivity index (χ2n) is 2.06. The number of unbranched alkanes of at least 4 members (excludes halogenated alkanes) is 4. The zero-order valence-corrected chi connectivity index (χ0v) is 10.9. The van der Waals surface area contributed by atoms with Crippen LogP contribution in [0.1, 0.15) is 144 Å². The molecule has 0 saturated heterocycles. The summed E-state index contributed by atoms with van der Waals surface area (Å²) in [5, 5.41) is 0. The molecule has 169 valence electrons. The summed E-state index contributed by atoms with van der Waals surface area (Å²) < 4.78 is 0. The van der Waals surface area contributed by atoms with Crippen LogP contribution in [0, 0.1) is 39.2 Å². The second-order valence-corrected chi connectivity index (χ2v) is 2.06. The largest absolute Gasteiger partial charge is 0.343 e. The minimum Gasteiger partial charge on any atom is -0.343 e. The molecule has 0 amide bonds. The van der Waals surface area contributed by atoms with E-state index in [1.807, 2.05) is 0 Å². The number of hydrogen-bond acceptors (Lipinski definition) is 0. The Bertz CT molecular complexity index is 37.0. The van der Waals surface area contributed by atoms with Gasteiger partial charge in [0.25, 0.3) is 0 Å². The quantitative estimate of drug-likeness (QED) is 0.172. The van der Waals surface area contributed by atoms with Gasteiger partial charge in [-0.2, -0.15) is 6.42 Å². The fourth-order valence-electron chi connectivity index (χ4n) is 0.675. The molecule has 0 heterocycles. The van der Waals surface area contributed by atoms with E-state index in [0.717, 1.165) is 12.7 Å². The molecule has 0 atom stereocenters. The van der Waals surface area contributed by atoms with Crippen LogP contribution in [-0.2, 0) is 0 Å². The molecule has 3 radical (unpaired) electrons. The van der Waals surface area contributed by atoms with E-state index in [0.29, 0.717) is 0 Å². The van der Waals surface area contributed by atoms with Gasteiger partial charge in [-0.25, -0.2) is 0 Å². The SMILES string of the molecule is C.C.C.C.C.C.C.C.C.C.C.C.C.C.C.[B]CCCCCC[CH2-].[Pa]. The molecule has 0 nitrogen and oxygen atoms in total. The van der Waals surface area contributed by atoms with Crippen molar-refractivity contribution in [1.82, 2.24) is 0 Å². The predicted molar refractivity (Wildman–Crippen MR) is 140 cm³/mol. The molecule has 0 fully saturated rings. The molecule has 0 aliphatic heterocycles. The molecule has 0 rings (SSSR count). The summed E-state index contributed by atoms with van der Waals surface area (Å²) in [7, 11) is 5.30. The molecule has 0 aliphatic rings. The first-order valence-corrected chi connectivity index (χ1v) is 3.41. The maximum Gasteiger partial charge on any atom is 0.0653 e. The summed E-state index contributed by atoms with van der Waals surface area (Å²) in [5.41, 5.74) is 0. The monoisotopic (exact) mass is 581 g/mol. The van der Waals surface area contributed by atoms with Crippen molar-refractivity contribution in [3.05, 3.63) is 6.92 Å². The van der Waals surface area contributed by atoms with Crippen molar-refractivity contribution in [1.29, 1.82) is 0 Å². The van der Waals surface area contributed by atoms with Crippen molar-refractivity contribution in [2.75, 3.05) is 0 Å². The van der Waals surface area contributed by atoms with Crippen molar-refractivity contribution in [2.45, 2.75) is 150 Å². The maximum atomic E-state index is 5.30. The topological polar surface area (TPSA) is 0 Å². The molecule has 0 aromatic heterocycles. The van der Waals surface area contributed by atoms with Gasteiger partial charge in [-0.3, -0.25) is 0 Å². The van der Waals surface area contributed by atoms with Crippen molar-refractivity contribution in [3.63, 3.8) is 0 Å². The molecule has 0 spiro atoms. The zero-order chi connectivity index (χ0) is 6.24. The van der Waals surface area contributed by atoms with Crippen molar-refractivity contribution in [3.8, 4) is 0 Å². The Morgan fingerprint density at radius 3 is 0.792 bits per heavy atom. The molecule has 2 heteroatoms. The fraction of sp³-hybridized carbons (Fsp3) is 0.955. The Kier molecular flexibility index (Phi) is 2330. The molecule has 0 aliphatic carbocycles. The number of hydrogen-bond donors (Lipinski definition) is 0. The van der Waals surface area contributed by atoms with Crippen molar-refractivity contribution in [2.24, 2.45) is 0 Å². The normalized spacial score (nSPS) is 3.21. The summed E-state index contributed by atoms with van der Waals surface area (Å²) in [6.45, 7) is 3.75. The van der Waals surface area contributed by atoms with Gasteiger partial charge in [0, 0.05) is 32.3 Å². The van der Waals surface area contributed by atoms with Gasteiger partial charge < -0.3 is 6.92 Å². The van der Waals surface area contributed by atoms with Crippen LogP contribution >= 0.6 is 0 Å². The van der Waals surface area contributed by atoms with Crippen LogP contribution < -0.4 is 0 Å². The molecule has 0 saturated carbocycles. The van der Waals surface area contributed by atoms with Gasteiger partial charge in [-0.05, 0) is 0 Å². The Labute approximate surface area is 196 Å². The van der Waals surface area contributed by atoms with E-state index < -0.39 is 0 Å². The standard InChI is InChI=1S/C7H14B.15CH4.Pa/c1-2-3-4-5-6-7-8;;;;;;;;;;;;;;;;/h1-7H2;15*1H4;/q-1;;;;;;;;;;;;;;;;. The third kappa shape index (κ3) is 300. The van der Waals surface area contributed by atoms with Gasteiger partial charge in [0.15, 0.2) is 0 Å². The van der Waals surface area contributed by atoms with Crippen LogP contribution in [0.2, 0.25) is 6.32 Å². The van der Waals surface area contributed by atoms with Gasteiger partial charge in [0.2, 0.25) is 0 Å². The van der Waals surface area contributed by atoms with Crippen LogP contribution in [0.4, 0.5) is 0 Å². The van der Waals surface area contributed by atoms with Gasteiger partial charge in [-0.15, -0.1) is 0 Å². The van der Waals surface area contributed by atoms with Crippen molar-refractivity contribution < 1.29 is 32.3 Å². The molecule has 0 bridgehead atoms. The third-order valence-electron chi connectivity index (χ3n) is 1.20. The van der Waals surface area contributed by atoms with E-state index in [1.165, 1.54) is 25.7 Å². The first-order valence-electron chi connectivity index (χ1n) is 3.41. The average Bonchev–Trinajstić information content (AvgIpc) is 1.81. The predicted octanol–water partition coefficient (Wildman–Crippen LogP) is 11.9. The summed E-state index contributed by atoms with van der Waals surface area (Å²) in [5.74, 6) is 0. The van der Waals surface area contributed by atoms with E-state index in [9.17, 15) is 0 Å². The molecule has 0 unspecified atom stereocenters. The third-order valence-corrected chi connectivity index (χ3v) is 1.20. The van der Waals surface area contributed by atoms with Crippen LogP contribution in [0.3, 0.4) is 0 Å². The second kappa shape index (κ2) is 253. The Balaban J connectivity index is -0.00000000204.